The number of hydrogen-bond donors (Lipinski definition) is 1. The summed E-state index contributed by atoms with van der Waals surface area (Å²) in [5.41, 5.74) is 2.73. The monoisotopic (exact) mass is 377 g/mol. The Bertz CT molecular complexity index is 857. The number of carbonyl (C=O) groups is 1. The van der Waals surface area contributed by atoms with Gasteiger partial charge in [-0.2, -0.15) is 5.10 Å². The van der Waals surface area contributed by atoms with Crippen LogP contribution in [0.1, 0.15) is 43.1 Å². The SMILES string of the molecule is CCCCCCNC(=O)c1ccn(COc2ccc(-c3ccccc3)cc2)n1. The lowest BCUT2D eigenvalue weighted by atomic mass is 10.1. The maximum absolute atomic E-state index is 12.1. The summed E-state index contributed by atoms with van der Waals surface area (Å²) < 4.78 is 7.39. The second-order valence-electron chi connectivity index (χ2n) is 6.72. The van der Waals surface area contributed by atoms with Crippen LogP contribution in [0, 0.1) is 0 Å². The molecule has 3 rings (SSSR count). The molecule has 0 fully saturated rings. The minimum atomic E-state index is -0.137. The number of nitrogens with zero attached hydrogens (tertiary/aromatic N) is 2. The molecule has 0 unspecified atom stereocenters. The zero-order valence-electron chi connectivity index (χ0n) is 16.3. The summed E-state index contributed by atoms with van der Waals surface area (Å²) in [6, 6.07) is 19.9. The molecule has 0 saturated carbocycles. The van der Waals surface area contributed by atoms with Crippen LogP contribution in [0.15, 0.2) is 66.9 Å². The highest BCUT2D eigenvalue weighted by molar-refractivity contribution is 5.92. The molecule has 2 aromatic carbocycles. The third-order valence-corrected chi connectivity index (χ3v) is 4.51. The smallest absolute Gasteiger partial charge is 0.271 e. The molecule has 0 aliphatic carbocycles. The number of nitrogens with one attached hydrogen (secondary N) is 1. The van der Waals surface area contributed by atoms with Gasteiger partial charge in [0, 0.05) is 12.7 Å². The fraction of sp³-hybridized carbons (Fsp3) is 0.304. The molecule has 1 N–H and O–H groups in total. The van der Waals surface area contributed by atoms with Crippen molar-refractivity contribution in [1.82, 2.24) is 15.1 Å². The number of unbranched alkanes of at least 4 members (excludes halogenated alkanes) is 3. The molecule has 28 heavy (non-hydrogen) atoms. The average Bonchev–Trinajstić information content (AvgIpc) is 3.22. The third-order valence-electron chi connectivity index (χ3n) is 4.51. The molecule has 1 aromatic heterocycles. The molecule has 0 radical (unpaired) electrons. The Labute approximate surface area is 166 Å². The van der Waals surface area contributed by atoms with Crippen LogP contribution in [-0.4, -0.2) is 22.2 Å². The van der Waals surface area contributed by atoms with Crippen LogP contribution in [0.3, 0.4) is 0 Å². The van der Waals surface area contributed by atoms with Crippen LogP contribution in [0.25, 0.3) is 11.1 Å². The van der Waals surface area contributed by atoms with E-state index in [-0.39, 0.29) is 12.6 Å². The highest BCUT2D eigenvalue weighted by Crippen LogP contribution is 2.22. The molecule has 0 saturated heterocycles. The Kier molecular flexibility index (Phi) is 7.24. The molecule has 3 aromatic rings. The van der Waals surface area contributed by atoms with E-state index in [0.717, 1.165) is 24.2 Å². The minimum Gasteiger partial charge on any atom is -0.471 e. The van der Waals surface area contributed by atoms with E-state index in [1.807, 2.05) is 42.5 Å². The number of ether oxygens (including phenoxy) is 1. The van der Waals surface area contributed by atoms with Crippen LogP contribution in [0.4, 0.5) is 0 Å². The van der Waals surface area contributed by atoms with E-state index in [1.54, 1.807) is 16.9 Å². The summed E-state index contributed by atoms with van der Waals surface area (Å²) in [5.74, 6) is 0.625. The Morgan fingerprint density at radius 3 is 2.46 bits per heavy atom. The summed E-state index contributed by atoms with van der Waals surface area (Å²) in [6.45, 7) is 3.12. The first kappa shape index (κ1) is 19.7. The normalized spacial score (nSPS) is 10.6. The number of rotatable bonds is 10. The summed E-state index contributed by atoms with van der Waals surface area (Å²) in [7, 11) is 0. The molecule has 146 valence electrons. The lowest BCUT2D eigenvalue weighted by molar-refractivity contribution is 0.0946. The largest absolute Gasteiger partial charge is 0.471 e. The van der Waals surface area contributed by atoms with E-state index >= 15 is 0 Å². The Balaban J connectivity index is 1.47. The van der Waals surface area contributed by atoms with Gasteiger partial charge in [-0.15, -0.1) is 0 Å². The molecule has 0 atom stereocenters. The zero-order valence-corrected chi connectivity index (χ0v) is 16.3. The van der Waals surface area contributed by atoms with E-state index in [4.69, 9.17) is 4.74 Å². The van der Waals surface area contributed by atoms with Gasteiger partial charge in [0.2, 0.25) is 0 Å². The number of carbonyl (C=O) groups excluding carboxylic acids is 1. The molecule has 1 amide bonds. The van der Waals surface area contributed by atoms with Crippen LogP contribution in [0.2, 0.25) is 0 Å². The van der Waals surface area contributed by atoms with Crippen molar-refractivity contribution in [2.75, 3.05) is 6.54 Å². The summed E-state index contributed by atoms with van der Waals surface area (Å²) in [5, 5.41) is 7.20. The van der Waals surface area contributed by atoms with Crippen LogP contribution >= 0.6 is 0 Å². The van der Waals surface area contributed by atoms with Crippen molar-refractivity contribution < 1.29 is 9.53 Å². The minimum absolute atomic E-state index is 0.137. The Morgan fingerprint density at radius 1 is 0.964 bits per heavy atom. The van der Waals surface area contributed by atoms with Crippen molar-refractivity contribution in [2.24, 2.45) is 0 Å². The third kappa shape index (κ3) is 5.71. The molecule has 0 aliphatic heterocycles. The quantitative estimate of drug-likeness (QED) is 0.512. The van der Waals surface area contributed by atoms with Gasteiger partial charge in [0.25, 0.3) is 5.91 Å². The van der Waals surface area contributed by atoms with Crippen molar-refractivity contribution >= 4 is 5.91 Å². The van der Waals surface area contributed by atoms with Crippen molar-refractivity contribution in [2.45, 2.75) is 39.3 Å². The highest BCUT2D eigenvalue weighted by Gasteiger charge is 2.09. The average molecular weight is 377 g/mol. The fourth-order valence-electron chi connectivity index (χ4n) is 2.91. The molecule has 0 aliphatic rings. The number of amides is 1. The van der Waals surface area contributed by atoms with Gasteiger partial charge in [0.05, 0.1) is 0 Å². The lowest BCUT2D eigenvalue weighted by Gasteiger charge is -2.07. The topological polar surface area (TPSA) is 56.2 Å². The fourth-order valence-corrected chi connectivity index (χ4v) is 2.91. The van der Waals surface area contributed by atoms with E-state index in [9.17, 15) is 4.79 Å². The van der Waals surface area contributed by atoms with Gasteiger partial charge in [-0.1, -0.05) is 68.7 Å². The predicted molar refractivity (Wildman–Crippen MR) is 111 cm³/mol. The van der Waals surface area contributed by atoms with E-state index in [2.05, 4.69) is 29.5 Å². The van der Waals surface area contributed by atoms with E-state index in [0.29, 0.717) is 12.2 Å². The van der Waals surface area contributed by atoms with E-state index in [1.165, 1.54) is 18.4 Å². The van der Waals surface area contributed by atoms with Crippen molar-refractivity contribution in [1.29, 1.82) is 0 Å². The van der Waals surface area contributed by atoms with Gasteiger partial charge in [-0.25, -0.2) is 4.68 Å². The maximum atomic E-state index is 12.1. The molecular weight excluding hydrogens is 350 g/mol. The lowest BCUT2D eigenvalue weighted by Crippen LogP contribution is -2.25. The second kappa shape index (κ2) is 10.3. The first-order valence-corrected chi connectivity index (χ1v) is 9.86. The summed E-state index contributed by atoms with van der Waals surface area (Å²) >= 11 is 0. The van der Waals surface area contributed by atoms with Crippen molar-refractivity contribution in [3.8, 4) is 16.9 Å². The molecule has 1 heterocycles. The zero-order chi connectivity index (χ0) is 19.6. The molecule has 0 bridgehead atoms. The number of aromatic nitrogens is 2. The summed E-state index contributed by atoms with van der Waals surface area (Å²) in [6.07, 6.45) is 6.29. The first-order valence-electron chi connectivity index (χ1n) is 9.86. The van der Waals surface area contributed by atoms with Gasteiger partial charge in [0.1, 0.15) is 11.4 Å². The molecule has 5 heteroatoms. The Hall–Kier alpha value is -3.08. The number of benzene rings is 2. The van der Waals surface area contributed by atoms with Gasteiger partial charge in [-0.3, -0.25) is 4.79 Å². The van der Waals surface area contributed by atoms with Crippen molar-refractivity contribution in [3.05, 3.63) is 72.6 Å². The second-order valence-corrected chi connectivity index (χ2v) is 6.72. The van der Waals surface area contributed by atoms with Gasteiger partial charge in [0.15, 0.2) is 6.73 Å². The predicted octanol–water partition coefficient (Wildman–Crippen LogP) is 4.90. The standard InChI is InChI=1S/C23H27N3O2/c1-2-3-4-8-16-24-23(27)22-15-17-26(25-22)18-28-21-13-11-20(12-14-21)19-9-6-5-7-10-19/h5-7,9-15,17H,2-4,8,16,18H2,1H3,(H,24,27). The van der Waals surface area contributed by atoms with E-state index < -0.39 is 0 Å². The first-order chi connectivity index (χ1) is 13.8. The Morgan fingerprint density at radius 2 is 1.71 bits per heavy atom. The molecular formula is C23H27N3O2. The van der Waals surface area contributed by atoms with Gasteiger partial charge in [-0.05, 0) is 35.7 Å². The van der Waals surface area contributed by atoms with Crippen LogP contribution < -0.4 is 10.1 Å². The maximum Gasteiger partial charge on any atom is 0.271 e. The van der Waals surface area contributed by atoms with Crippen LogP contribution in [0.5, 0.6) is 5.75 Å². The van der Waals surface area contributed by atoms with Gasteiger partial charge < -0.3 is 10.1 Å². The molecule has 0 spiro atoms. The summed E-state index contributed by atoms with van der Waals surface area (Å²) in [4.78, 5) is 12.1. The van der Waals surface area contributed by atoms with Crippen molar-refractivity contribution in [3.63, 3.8) is 0 Å². The molecule has 5 nitrogen and oxygen atoms in total. The van der Waals surface area contributed by atoms with Crippen LogP contribution in [-0.2, 0) is 6.73 Å². The van der Waals surface area contributed by atoms with Gasteiger partial charge >= 0.3 is 0 Å². The number of hydrogen-bond acceptors (Lipinski definition) is 3. The highest BCUT2D eigenvalue weighted by atomic mass is 16.5.